The van der Waals surface area contributed by atoms with Crippen LogP contribution in [-0.2, 0) is 9.84 Å². The molecule has 0 radical (unpaired) electrons. The Balaban J connectivity index is 1.66. The smallest absolute Gasteiger partial charge is 0.166 e. The maximum absolute atomic E-state index is 11.3. The van der Waals surface area contributed by atoms with E-state index in [0.29, 0.717) is 29.2 Å². The van der Waals surface area contributed by atoms with Gasteiger partial charge in [0, 0.05) is 12.6 Å². The van der Waals surface area contributed by atoms with E-state index in [2.05, 4.69) is 10.6 Å². The van der Waals surface area contributed by atoms with Crippen LogP contribution in [0.15, 0.2) is 0 Å². The minimum atomic E-state index is -2.77. The predicted octanol–water partition coefficient (Wildman–Crippen LogP) is 0.828. The van der Waals surface area contributed by atoms with Gasteiger partial charge in [-0.15, -0.1) is 0 Å². The van der Waals surface area contributed by atoms with Crippen molar-refractivity contribution in [3.63, 3.8) is 0 Å². The van der Waals surface area contributed by atoms with Crippen molar-refractivity contribution in [3.05, 3.63) is 0 Å². The molecule has 98 valence electrons. The highest BCUT2D eigenvalue weighted by atomic mass is 32.2. The summed E-state index contributed by atoms with van der Waals surface area (Å²) < 4.78 is 22.6. The lowest BCUT2D eigenvalue weighted by atomic mass is 10.1. The van der Waals surface area contributed by atoms with E-state index in [1.54, 1.807) is 0 Å². The monoisotopic (exact) mass is 276 g/mol. The van der Waals surface area contributed by atoms with E-state index >= 15 is 0 Å². The third-order valence-corrected chi connectivity index (χ3v) is 5.67. The minimum Gasteiger partial charge on any atom is -0.362 e. The summed E-state index contributed by atoms with van der Waals surface area (Å²) in [5.74, 6) is 0.872. The van der Waals surface area contributed by atoms with Gasteiger partial charge in [0.05, 0.1) is 11.5 Å². The Labute approximate surface area is 108 Å². The average molecular weight is 276 g/mol. The van der Waals surface area contributed by atoms with Crippen LogP contribution < -0.4 is 10.6 Å². The van der Waals surface area contributed by atoms with E-state index in [9.17, 15) is 8.42 Å². The number of hydrogen-bond donors (Lipinski definition) is 2. The molecular weight excluding hydrogens is 256 g/mol. The van der Waals surface area contributed by atoms with Gasteiger partial charge in [-0.05, 0) is 37.4 Å². The molecule has 1 heterocycles. The Morgan fingerprint density at radius 1 is 1.24 bits per heavy atom. The number of rotatable bonds is 3. The second kappa shape index (κ2) is 5.52. The molecule has 1 saturated carbocycles. The summed E-state index contributed by atoms with van der Waals surface area (Å²) in [6.07, 6.45) is 5.71. The van der Waals surface area contributed by atoms with Gasteiger partial charge < -0.3 is 10.6 Å². The first-order chi connectivity index (χ1) is 8.05. The minimum absolute atomic E-state index is 0.225. The lowest BCUT2D eigenvalue weighted by Crippen LogP contribution is -2.42. The largest absolute Gasteiger partial charge is 0.362 e. The molecule has 0 aromatic rings. The number of nitrogens with one attached hydrogen (secondary N) is 2. The van der Waals surface area contributed by atoms with Crippen molar-refractivity contribution in [2.24, 2.45) is 5.92 Å². The second-order valence-electron chi connectivity index (χ2n) is 5.10. The lowest BCUT2D eigenvalue weighted by molar-refractivity contribution is 0.559. The molecule has 2 aliphatic rings. The van der Waals surface area contributed by atoms with E-state index < -0.39 is 9.84 Å². The number of sulfone groups is 1. The zero-order valence-electron chi connectivity index (χ0n) is 9.94. The first kappa shape index (κ1) is 13.1. The molecule has 0 spiro atoms. The molecule has 1 saturated heterocycles. The first-order valence-corrected chi connectivity index (χ1v) is 8.53. The highest BCUT2D eigenvalue weighted by molar-refractivity contribution is 7.91. The van der Waals surface area contributed by atoms with Crippen molar-refractivity contribution < 1.29 is 8.42 Å². The summed E-state index contributed by atoms with van der Waals surface area (Å²) in [5.41, 5.74) is 0. The molecule has 4 nitrogen and oxygen atoms in total. The lowest BCUT2D eigenvalue weighted by Gasteiger charge is -2.17. The SMILES string of the molecule is O=S1(=O)CCC(CNC(=S)NC2CCCC2)C1. The molecule has 0 amide bonds. The van der Waals surface area contributed by atoms with E-state index in [-0.39, 0.29) is 5.92 Å². The van der Waals surface area contributed by atoms with Crippen LogP contribution in [0.25, 0.3) is 0 Å². The molecule has 0 aromatic heterocycles. The molecule has 6 heteroatoms. The normalized spacial score (nSPS) is 28.1. The van der Waals surface area contributed by atoms with Crippen LogP contribution >= 0.6 is 12.2 Å². The quantitative estimate of drug-likeness (QED) is 0.748. The first-order valence-electron chi connectivity index (χ1n) is 6.30. The Bertz CT molecular complexity index is 375. The summed E-state index contributed by atoms with van der Waals surface area (Å²) in [5, 5.41) is 7.12. The van der Waals surface area contributed by atoms with Crippen LogP contribution in [0.2, 0.25) is 0 Å². The van der Waals surface area contributed by atoms with Crippen LogP contribution in [0.3, 0.4) is 0 Å². The molecule has 1 aliphatic heterocycles. The van der Waals surface area contributed by atoms with Crippen LogP contribution in [0.1, 0.15) is 32.1 Å². The van der Waals surface area contributed by atoms with Gasteiger partial charge in [-0.25, -0.2) is 8.42 Å². The van der Waals surface area contributed by atoms with E-state index in [1.165, 1.54) is 25.7 Å². The highest BCUT2D eigenvalue weighted by Crippen LogP contribution is 2.18. The van der Waals surface area contributed by atoms with Crippen LogP contribution in [-0.4, -0.2) is 37.6 Å². The Kier molecular flexibility index (Phi) is 4.25. The van der Waals surface area contributed by atoms with E-state index in [0.717, 1.165) is 6.42 Å². The van der Waals surface area contributed by atoms with E-state index in [1.807, 2.05) is 0 Å². The van der Waals surface area contributed by atoms with Gasteiger partial charge in [-0.3, -0.25) is 0 Å². The fraction of sp³-hybridized carbons (Fsp3) is 0.909. The molecule has 2 N–H and O–H groups in total. The third kappa shape index (κ3) is 4.10. The third-order valence-electron chi connectivity index (χ3n) is 3.57. The molecule has 17 heavy (non-hydrogen) atoms. The van der Waals surface area contributed by atoms with Crippen molar-refractivity contribution in [2.75, 3.05) is 18.1 Å². The predicted molar refractivity (Wildman–Crippen MR) is 72.8 cm³/mol. The van der Waals surface area contributed by atoms with Gasteiger partial charge in [-0.1, -0.05) is 12.8 Å². The van der Waals surface area contributed by atoms with Gasteiger partial charge in [0.1, 0.15) is 0 Å². The zero-order valence-corrected chi connectivity index (χ0v) is 11.6. The van der Waals surface area contributed by atoms with Crippen molar-refractivity contribution >= 4 is 27.2 Å². The maximum atomic E-state index is 11.3. The molecule has 1 atom stereocenters. The number of thiocarbonyl (C=S) groups is 1. The average Bonchev–Trinajstić information content (AvgIpc) is 2.85. The van der Waals surface area contributed by atoms with Gasteiger partial charge in [0.25, 0.3) is 0 Å². The van der Waals surface area contributed by atoms with Gasteiger partial charge in [-0.2, -0.15) is 0 Å². The zero-order chi connectivity index (χ0) is 12.3. The molecule has 1 unspecified atom stereocenters. The molecule has 2 rings (SSSR count). The van der Waals surface area contributed by atoms with Crippen molar-refractivity contribution in [3.8, 4) is 0 Å². The summed E-state index contributed by atoms with van der Waals surface area (Å²) >= 11 is 5.21. The van der Waals surface area contributed by atoms with Gasteiger partial charge in [0.2, 0.25) is 0 Å². The molecular formula is C11H20N2O2S2. The topological polar surface area (TPSA) is 58.2 Å². The fourth-order valence-electron chi connectivity index (χ4n) is 2.58. The van der Waals surface area contributed by atoms with Gasteiger partial charge in [0.15, 0.2) is 14.9 Å². The van der Waals surface area contributed by atoms with Crippen LogP contribution in [0.4, 0.5) is 0 Å². The molecule has 2 fully saturated rings. The summed E-state index contributed by atoms with van der Waals surface area (Å²) in [6, 6.07) is 0.516. The maximum Gasteiger partial charge on any atom is 0.166 e. The Morgan fingerprint density at radius 2 is 1.94 bits per heavy atom. The molecule has 1 aliphatic carbocycles. The second-order valence-corrected chi connectivity index (χ2v) is 7.74. The number of hydrogen-bond acceptors (Lipinski definition) is 3. The summed E-state index contributed by atoms with van der Waals surface area (Å²) in [7, 11) is -2.77. The van der Waals surface area contributed by atoms with E-state index in [4.69, 9.17) is 12.2 Å². The Hall–Kier alpha value is -0.360. The van der Waals surface area contributed by atoms with Crippen LogP contribution in [0.5, 0.6) is 0 Å². The highest BCUT2D eigenvalue weighted by Gasteiger charge is 2.27. The van der Waals surface area contributed by atoms with Gasteiger partial charge >= 0.3 is 0 Å². The van der Waals surface area contributed by atoms with Crippen molar-refractivity contribution in [2.45, 2.75) is 38.1 Å². The fourth-order valence-corrected chi connectivity index (χ4v) is 4.69. The van der Waals surface area contributed by atoms with Crippen molar-refractivity contribution in [1.29, 1.82) is 0 Å². The molecule has 0 aromatic carbocycles. The Morgan fingerprint density at radius 3 is 2.53 bits per heavy atom. The molecule has 0 bridgehead atoms. The standard InChI is InChI=1S/C11H20N2O2S2/c14-17(15)6-5-9(8-17)7-12-11(16)13-10-3-1-2-4-10/h9-10H,1-8H2,(H2,12,13,16). The van der Waals surface area contributed by atoms with Crippen molar-refractivity contribution in [1.82, 2.24) is 10.6 Å². The summed E-state index contributed by atoms with van der Waals surface area (Å²) in [4.78, 5) is 0. The van der Waals surface area contributed by atoms with Crippen LogP contribution in [0, 0.1) is 5.92 Å². The summed E-state index contributed by atoms with van der Waals surface area (Å²) in [6.45, 7) is 0.678.